The highest BCUT2D eigenvalue weighted by molar-refractivity contribution is 5.87. The van der Waals surface area contributed by atoms with Crippen molar-refractivity contribution >= 4 is 6.08 Å². The van der Waals surface area contributed by atoms with E-state index < -0.39 is 0 Å². The summed E-state index contributed by atoms with van der Waals surface area (Å²) >= 11 is 0. The predicted molar refractivity (Wildman–Crippen MR) is 139 cm³/mol. The van der Waals surface area contributed by atoms with E-state index in [-0.39, 0.29) is 0 Å². The van der Waals surface area contributed by atoms with Gasteiger partial charge in [-0.1, -0.05) is 115 Å². The van der Waals surface area contributed by atoms with Gasteiger partial charge in [0.2, 0.25) is 0 Å². The summed E-state index contributed by atoms with van der Waals surface area (Å²) in [5.41, 5.74) is 15.6. The minimum absolute atomic E-state index is 0.888. The molecule has 32 heavy (non-hydrogen) atoms. The van der Waals surface area contributed by atoms with E-state index in [1.54, 1.807) is 5.57 Å². The first kappa shape index (κ1) is 21.3. The Morgan fingerprint density at radius 1 is 0.656 bits per heavy atom. The molecule has 2 aliphatic carbocycles. The third-order valence-electron chi connectivity index (χ3n) is 7.45. The summed E-state index contributed by atoms with van der Waals surface area (Å²) in [7, 11) is 0. The number of allylic oxidation sites excluding steroid dienone is 1. The molecule has 0 bridgehead atoms. The first-order valence-corrected chi connectivity index (χ1v) is 12.5. The molecule has 0 amide bonds. The summed E-state index contributed by atoms with van der Waals surface area (Å²) in [5, 5.41) is 0. The lowest BCUT2D eigenvalue weighted by Crippen LogP contribution is -2.07. The van der Waals surface area contributed by atoms with Crippen molar-refractivity contribution < 1.29 is 0 Å². The molecule has 1 saturated carbocycles. The van der Waals surface area contributed by atoms with E-state index in [9.17, 15) is 0 Å². The fraction of sp³-hybridized carbons (Fsp3) is 0.375. The molecule has 164 valence electrons. The molecule has 3 aromatic rings. The SMILES string of the molecule is Cc1cc(C)cc(-c2ccc(-c3cc(C)cc(C)c3)c3c2C=C(CC2CCCCC2)C3)c1. The first-order valence-electron chi connectivity index (χ1n) is 12.5. The summed E-state index contributed by atoms with van der Waals surface area (Å²) in [4.78, 5) is 0. The Balaban J connectivity index is 1.61. The number of benzene rings is 3. The van der Waals surface area contributed by atoms with Crippen LogP contribution in [0, 0.1) is 33.6 Å². The third kappa shape index (κ3) is 4.33. The average Bonchev–Trinajstić information content (AvgIpc) is 3.15. The van der Waals surface area contributed by atoms with Gasteiger partial charge in [0.05, 0.1) is 0 Å². The van der Waals surface area contributed by atoms with Gasteiger partial charge in [-0.05, 0) is 79.8 Å². The normalized spacial score (nSPS) is 16.2. The van der Waals surface area contributed by atoms with Crippen LogP contribution >= 0.6 is 0 Å². The van der Waals surface area contributed by atoms with E-state index in [2.05, 4.69) is 82.3 Å². The lowest BCUT2D eigenvalue weighted by Gasteiger charge is -2.22. The van der Waals surface area contributed by atoms with E-state index in [1.807, 2.05) is 0 Å². The molecule has 1 fully saturated rings. The fourth-order valence-corrected chi connectivity index (χ4v) is 6.18. The van der Waals surface area contributed by atoms with Crippen molar-refractivity contribution in [2.75, 3.05) is 0 Å². The number of aryl methyl sites for hydroxylation is 4. The Kier molecular flexibility index (Phi) is 5.80. The molecule has 0 aromatic heterocycles. The van der Waals surface area contributed by atoms with Crippen molar-refractivity contribution in [1.82, 2.24) is 0 Å². The Labute approximate surface area is 194 Å². The first-order chi connectivity index (χ1) is 15.5. The molecule has 0 nitrogen and oxygen atoms in total. The lowest BCUT2D eigenvalue weighted by atomic mass is 9.84. The lowest BCUT2D eigenvalue weighted by molar-refractivity contribution is 0.355. The van der Waals surface area contributed by atoms with Crippen LogP contribution in [0.25, 0.3) is 28.3 Å². The standard InChI is InChI=1S/C32H36/c1-21-12-22(2)15-27(14-21)29-10-11-30(28-16-23(3)13-24(4)17-28)32-20-26(19-31(29)32)18-25-8-6-5-7-9-25/h10-17,19,25H,5-9,18,20H2,1-4H3. The maximum Gasteiger partial charge on any atom is -0.00513 e. The highest BCUT2D eigenvalue weighted by Gasteiger charge is 2.24. The van der Waals surface area contributed by atoms with Crippen LogP contribution in [-0.4, -0.2) is 0 Å². The van der Waals surface area contributed by atoms with Crippen molar-refractivity contribution in [3.63, 3.8) is 0 Å². The fourth-order valence-electron chi connectivity index (χ4n) is 6.18. The van der Waals surface area contributed by atoms with Gasteiger partial charge in [0.25, 0.3) is 0 Å². The molecule has 0 spiro atoms. The van der Waals surface area contributed by atoms with Gasteiger partial charge in [0.1, 0.15) is 0 Å². The number of fused-ring (bicyclic) bond motifs is 1. The maximum atomic E-state index is 2.56. The number of hydrogen-bond donors (Lipinski definition) is 0. The molecule has 5 rings (SSSR count). The van der Waals surface area contributed by atoms with E-state index in [0.29, 0.717) is 0 Å². The van der Waals surface area contributed by atoms with Crippen LogP contribution in [0.1, 0.15) is 71.9 Å². The van der Waals surface area contributed by atoms with Crippen LogP contribution in [0.2, 0.25) is 0 Å². The van der Waals surface area contributed by atoms with Crippen LogP contribution in [0.4, 0.5) is 0 Å². The van der Waals surface area contributed by atoms with Crippen molar-refractivity contribution in [3.05, 3.63) is 87.5 Å². The van der Waals surface area contributed by atoms with Gasteiger partial charge < -0.3 is 0 Å². The molecular formula is C32H36. The van der Waals surface area contributed by atoms with Crippen LogP contribution in [0.15, 0.2) is 54.1 Å². The molecule has 0 atom stereocenters. The zero-order valence-corrected chi connectivity index (χ0v) is 20.2. The summed E-state index contributed by atoms with van der Waals surface area (Å²) in [5.74, 6) is 0.888. The Hall–Kier alpha value is -2.60. The van der Waals surface area contributed by atoms with Crippen molar-refractivity contribution in [3.8, 4) is 22.3 Å². The van der Waals surface area contributed by atoms with Gasteiger partial charge in [0.15, 0.2) is 0 Å². The smallest absolute Gasteiger partial charge is 0.00513 e. The second-order valence-electron chi connectivity index (χ2n) is 10.5. The minimum Gasteiger partial charge on any atom is -0.0649 e. The maximum absolute atomic E-state index is 2.56. The molecule has 0 unspecified atom stereocenters. The van der Waals surface area contributed by atoms with Crippen molar-refractivity contribution in [2.24, 2.45) is 5.92 Å². The summed E-state index contributed by atoms with van der Waals surface area (Å²) < 4.78 is 0. The Morgan fingerprint density at radius 2 is 1.19 bits per heavy atom. The molecule has 0 heteroatoms. The molecule has 3 aromatic carbocycles. The molecule has 2 aliphatic rings. The van der Waals surface area contributed by atoms with E-state index in [0.717, 1.165) is 12.3 Å². The molecule has 0 radical (unpaired) electrons. The largest absolute Gasteiger partial charge is 0.0649 e. The molecular weight excluding hydrogens is 384 g/mol. The molecule has 0 aliphatic heterocycles. The summed E-state index contributed by atoms with van der Waals surface area (Å²) in [6.07, 6.45) is 12.1. The van der Waals surface area contributed by atoms with Crippen LogP contribution in [0.5, 0.6) is 0 Å². The van der Waals surface area contributed by atoms with Gasteiger partial charge in [-0.2, -0.15) is 0 Å². The van der Waals surface area contributed by atoms with Crippen LogP contribution in [0.3, 0.4) is 0 Å². The van der Waals surface area contributed by atoms with Crippen molar-refractivity contribution in [2.45, 2.75) is 72.6 Å². The van der Waals surface area contributed by atoms with Crippen molar-refractivity contribution in [1.29, 1.82) is 0 Å². The van der Waals surface area contributed by atoms with Crippen LogP contribution < -0.4 is 0 Å². The van der Waals surface area contributed by atoms with Crippen LogP contribution in [-0.2, 0) is 6.42 Å². The quantitative estimate of drug-likeness (QED) is 0.394. The third-order valence-corrected chi connectivity index (χ3v) is 7.45. The minimum atomic E-state index is 0.888. The Morgan fingerprint density at radius 3 is 1.78 bits per heavy atom. The second kappa shape index (κ2) is 8.74. The van der Waals surface area contributed by atoms with E-state index >= 15 is 0 Å². The monoisotopic (exact) mass is 420 g/mol. The molecule has 0 saturated heterocycles. The molecule has 0 N–H and O–H groups in total. The summed E-state index contributed by atoms with van der Waals surface area (Å²) in [6, 6.07) is 18.7. The molecule has 0 heterocycles. The van der Waals surface area contributed by atoms with Gasteiger partial charge in [-0.25, -0.2) is 0 Å². The second-order valence-corrected chi connectivity index (χ2v) is 10.5. The highest BCUT2D eigenvalue weighted by atomic mass is 14.3. The average molecular weight is 421 g/mol. The van der Waals surface area contributed by atoms with Gasteiger partial charge in [0, 0.05) is 0 Å². The topological polar surface area (TPSA) is 0 Å². The highest BCUT2D eigenvalue weighted by Crippen LogP contribution is 2.43. The van der Waals surface area contributed by atoms with Gasteiger partial charge in [-0.15, -0.1) is 0 Å². The van der Waals surface area contributed by atoms with E-state index in [4.69, 9.17) is 0 Å². The predicted octanol–water partition coefficient (Wildman–Crippen LogP) is 9.16. The zero-order valence-electron chi connectivity index (χ0n) is 20.2. The number of hydrogen-bond acceptors (Lipinski definition) is 0. The number of rotatable bonds is 4. The Bertz CT molecular complexity index is 1140. The van der Waals surface area contributed by atoms with Gasteiger partial charge in [-0.3, -0.25) is 0 Å². The van der Waals surface area contributed by atoms with Gasteiger partial charge >= 0.3 is 0 Å². The summed E-state index contributed by atoms with van der Waals surface area (Å²) in [6.45, 7) is 8.86. The zero-order chi connectivity index (χ0) is 22.2. The van der Waals surface area contributed by atoms with E-state index in [1.165, 1.54) is 94.2 Å².